The summed E-state index contributed by atoms with van der Waals surface area (Å²) in [4.78, 5) is 0. The topological polar surface area (TPSA) is 20.2 Å². The van der Waals surface area contributed by atoms with E-state index in [0.717, 1.165) is 12.1 Å². The average molecular weight is 230 g/mol. The van der Waals surface area contributed by atoms with E-state index in [1.165, 1.54) is 12.1 Å². The highest BCUT2D eigenvalue weighted by molar-refractivity contribution is 5.30. The zero-order valence-electron chi connectivity index (χ0n) is 8.88. The molecule has 88 valence electrons. The van der Waals surface area contributed by atoms with Gasteiger partial charge < -0.3 is 5.11 Å². The zero-order valence-corrected chi connectivity index (χ0v) is 8.88. The lowest BCUT2D eigenvalue weighted by Crippen LogP contribution is -2.39. The number of hydrogen-bond acceptors (Lipinski definition) is 1. The van der Waals surface area contributed by atoms with Crippen LogP contribution in [0.25, 0.3) is 0 Å². The molecule has 16 heavy (non-hydrogen) atoms. The summed E-state index contributed by atoms with van der Waals surface area (Å²) in [5.41, 5.74) is -1.00. The largest absolute Gasteiger partial charge is 0.416 e. The minimum Gasteiger partial charge on any atom is -0.385 e. The monoisotopic (exact) mass is 230 g/mol. The van der Waals surface area contributed by atoms with Gasteiger partial charge in [-0.2, -0.15) is 13.2 Å². The molecule has 4 heteroatoms. The van der Waals surface area contributed by atoms with Crippen LogP contribution in [-0.4, -0.2) is 5.11 Å². The number of aliphatic hydroxyl groups is 1. The molecule has 1 nitrogen and oxygen atoms in total. The van der Waals surface area contributed by atoms with Gasteiger partial charge >= 0.3 is 6.18 Å². The van der Waals surface area contributed by atoms with Crippen molar-refractivity contribution < 1.29 is 18.3 Å². The third-order valence-corrected chi connectivity index (χ3v) is 3.12. The van der Waals surface area contributed by atoms with E-state index < -0.39 is 17.3 Å². The summed E-state index contributed by atoms with van der Waals surface area (Å²) < 4.78 is 36.9. The Morgan fingerprint density at radius 1 is 1.19 bits per heavy atom. The van der Waals surface area contributed by atoms with E-state index >= 15 is 0 Å². The average Bonchev–Trinajstić information content (AvgIpc) is 2.14. The first-order valence-electron chi connectivity index (χ1n) is 5.21. The van der Waals surface area contributed by atoms with Gasteiger partial charge in [0.1, 0.15) is 0 Å². The third kappa shape index (κ3) is 1.94. The lowest BCUT2D eigenvalue weighted by atomic mass is 9.68. The Morgan fingerprint density at radius 2 is 1.69 bits per heavy atom. The van der Waals surface area contributed by atoms with Gasteiger partial charge in [-0.05, 0) is 36.5 Å². The summed E-state index contributed by atoms with van der Waals surface area (Å²) in [5, 5.41) is 10.1. The highest BCUT2D eigenvalue weighted by Crippen LogP contribution is 2.45. The van der Waals surface area contributed by atoms with E-state index in [1.54, 1.807) is 0 Å². The Kier molecular flexibility index (Phi) is 2.49. The molecule has 0 bridgehead atoms. The van der Waals surface area contributed by atoms with Crippen molar-refractivity contribution in [3.05, 3.63) is 35.4 Å². The Morgan fingerprint density at radius 3 is 2.06 bits per heavy atom. The van der Waals surface area contributed by atoms with Crippen LogP contribution in [0.5, 0.6) is 0 Å². The van der Waals surface area contributed by atoms with Gasteiger partial charge in [-0.3, -0.25) is 0 Å². The van der Waals surface area contributed by atoms with Crippen LogP contribution in [0.1, 0.15) is 30.9 Å². The van der Waals surface area contributed by atoms with Gasteiger partial charge in [0.25, 0.3) is 0 Å². The molecule has 0 aromatic heterocycles. The lowest BCUT2D eigenvalue weighted by molar-refractivity contribution is -0.137. The maximum atomic E-state index is 12.3. The number of benzene rings is 1. The minimum absolute atomic E-state index is 0.437. The fraction of sp³-hybridized carbons (Fsp3) is 0.500. The van der Waals surface area contributed by atoms with Gasteiger partial charge in [0, 0.05) is 0 Å². The van der Waals surface area contributed by atoms with Crippen LogP contribution in [0.2, 0.25) is 0 Å². The SMILES string of the molecule is C[C@H]1C[C@](O)(c2ccc(C(F)(F)F)cc2)C1. The van der Waals surface area contributed by atoms with E-state index in [2.05, 4.69) is 0 Å². The van der Waals surface area contributed by atoms with Crippen LogP contribution in [0.15, 0.2) is 24.3 Å². The molecule has 1 fully saturated rings. The summed E-state index contributed by atoms with van der Waals surface area (Å²) in [6.07, 6.45) is -3.06. The minimum atomic E-state index is -4.31. The summed E-state index contributed by atoms with van der Waals surface area (Å²) in [6, 6.07) is 4.79. The molecule has 1 aromatic carbocycles. The number of alkyl halides is 3. The van der Waals surface area contributed by atoms with Crippen LogP contribution in [0, 0.1) is 5.92 Å². The molecular weight excluding hydrogens is 217 g/mol. The highest BCUT2D eigenvalue weighted by Gasteiger charge is 2.41. The van der Waals surface area contributed by atoms with Crippen molar-refractivity contribution in [2.75, 3.05) is 0 Å². The van der Waals surface area contributed by atoms with E-state index in [1.807, 2.05) is 6.92 Å². The van der Waals surface area contributed by atoms with E-state index in [4.69, 9.17) is 0 Å². The standard InChI is InChI=1S/C12H13F3O/c1-8-6-11(16,7-8)9-2-4-10(5-3-9)12(13,14)15/h2-5,8,16H,6-7H2,1H3/t8-,11+. The van der Waals surface area contributed by atoms with Crippen molar-refractivity contribution in [2.45, 2.75) is 31.5 Å². The molecule has 1 aliphatic carbocycles. The van der Waals surface area contributed by atoms with E-state index in [0.29, 0.717) is 24.3 Å². The normalized spacial score (nSPS) is 29.9. The molecule has 0 atom stereocenters. The molecule has 1 aromatic rings. The molecule has 1 aliphatic rings. The van der Waals surface area contributed by atoms with E-state index in [9.17, 15) is 18.3 Å². The molecule has 0 heterocycles. The van der Waals surface area contributed by atoms with Gasteiger partial charge in [-0.1, -0.05) is 19.1 Å². The Balaban J connectivity index is 2.20. The first kappa shape index (κ1) is 11.5. The second-order valence-electron chi connectivity index (χ2n) is 4.62. The second-order valence-corrected chi connectivity index (χ2v) is 4.62. The maximum Gasteiger partial charge on any atom is 0.416 e. The predicted molar refractivity (Wildman–Crippen MR) is 53.7 cm³/mol. The summed E-state index contributed by atoms with van der Waals surface area (Å²) >= 11 is 0. The number of hydrogen-bond donors (Lipinski definition) is 1. The quantitative estimate of drug-likeness (QED) is 0.784. The van der Waals surface area contributed by atoms with Crippen LogP contribution in [0.3, 0.4) is 0 Å². The number of halogens is 3. The van der Waals surface area contributed by atoms with Gasteiger partial charge in [-0.25, -0.2) is 0 Å². The third-order valence-electron chi connectivity index (χ3n) is 3.12. The molecule has 0 saturated heterocycles. The lowest BCUT2D eigenvalue weighted by Gasteiger charge is -2.42. The fourth-order valence-corrected chi connectivity index (χ4v) is 2.30. The Bertz CT molecular complexity index is 374. The Hall–Kier alpha value is -1.03. The van der Waals surface area contributed by atoms with Crippen LogP contribution < -0.4 is 0 Å². The number of rotatable bonds is 1. The molecule has 0 radical (unpaired) electrons. The van der Waals surface area contributed by atoms with E-state index in [-0.39, 0.29) is 0 Å². The van der Waals surface area contributed by atoms with Crippen molar-refractivity contribution in [1.82, 2.24) is 0 Å². The second kappa shape index (κ2) is 3.48. The van der Waals surface area contributed by atoms with Crippen LogP contribution in [0.4, 0.5) is 13.2 Å². The van der Waals surface area contributed by atoms with Crippen molar-refractivity contribution in [1.29, 1.82) is 0 Å². The molecule has 1 saturated carbocycles. The molecule has 0 aliphatic heterocycles. The van der Waals surface area contributed by atoms with Gasteiger partial charge in [-0.15, -0.1) is 0 Å². The van der Waals surface area contributed by atoms with Crippen molar-refractivity contribution in [3.8, 4) is 0 Å². The van der Waals surface area contributed by atoms with Crippen molar-refractivity contribution in [2.24, 2.45) is 5.92 Å². The van der Waals surface area contributed by atoms with Gasteiger partial charge in [0.15, 0.2) is 0 Å². The smallest absolute Gasteiger partial charge is 0.385 e. The molecule has 2 rings (SSSR count). The predicted octanol–water partition coefficient (Wildman–Crippen LogP) is 3.32. The molecular formula is C12H13F3O. The summed E-state index contributed by atoms with van der Waals surface area (Å²) in [5.74, 6) is 0.437. The van der Waals surface area contributed by atoms with Crippen LogP contribution in [-0.2, 0) is 11.8 Å². The molecule has 0 amide bonds. The van der Waals surface area contributed by atoms with Crippen molar-refractivity contribution >= 4 is 0 Å². The first-order chi connectivity index (χ1) is 7.31. The van der Waals surface area contributed by atoms with Crippen molar-refractivity contribution in [3.63, 3.8) is 0 Å². The highest BCUT2D eigenvalue weighted by atomic mass is 19.4. The molecule has 1 N–H and O–H groups in total. The molecule has 0 unspecified atom stereocenters. The van der Waals surface area contributed by atoms with Gasteiger partial charge in [0.2, 0.25) is 0 Å². The summed E-state index contributed by atoms with van der Waals surface area (Å²) in [6.45, 7) is 2.01. The maximum absolute atomic E-state index is 12.3. The summed E-state index contributed by atoms with van der Waals surface area (Å²) in [7, 11) is 0. The first-order valence-corrected chi connectivity index (χ1v) is 5.21. The zero-order chi connectivity index (χ0) is 12.0. The Labute approximate surface area is 91.9 Å². The molecule has 0 spiro atoms. The fourth-order valence-electron chi connectivity index (χ4n) is 2.30. The van der Waals surface area contributed by atoms with Gasteiger partial charge in [0.05, 0.1) is 11.2 Å². The van der Waals surface area contributed by atoms with Crippen LogP contribution >= 0.6 is 0 Å².